The second kappa shape index (κ2) is 1.99. The molecule has 4 heteroatoms. The highest BCUT2D eigenvalue weighted by Gasteiger charge is 2.14. The van der Waals surface area contributed by atoms with E-state index in [1.807, 2.05) is 0 Å². The van der Waals surface area contributed by atoms with Crippen molar-refractivity contribution in [2.45, 2.75) is 5.50 Å². The van der Waals surface area contributed by atoms with Gasteiger partial charge in [-0.25, -0.2) is 0 Å². The summed E-state index contributed by atoms with van der Waals surface area (Å²) in [6.07, 6.45) is 1.61. The molecule has 7 heavy (non-hydrogen) atoms. The molecule has 0 radical (unpaired) electrons. The van der Waals surface area contributed by atoms with Gasteiger partial charge in [-0.2, -0.15) is 4.42 Å². The van der Waals surface area contributed by atoms with Crippen LogP contribution < -0.4 is 0 Å². The van der Waals surface area contributed by atoms with Crippen LogP contribution in [0.3, 0.4) is 0 Å². The Kier molecular flexibility index (Phi) is 1.52. The summed E-state index contributed by atoms with van der Waals surface area (Å²) >= 11 is 10.9. The number of hydrogen-bond donors (Lipinski definition) is 0. The topological polar surface area (TPSA) is 15.6 Å². The summed E-state index contributed by atoms with van der Waals surface area (Å²) in [6.45, 7) is 0.510. The van der Waals surface area contributed by atoms with Crippen molar-refractivity contribution in [3.05, 3.63) is 0 Å². The monoisotopic (exact) mass is 138 g/mol. The maximum absolute atomic E-state index is 5.51. The molecule has 1 aliphatic rings. The van der Waals surface area contributed by atoms with Crippen molar-refractivity contribution < 1.29 is 0 Å². The van der Waals surface area contributed by atoms with Crippen molar-refractivity contribution in [1.29, 1.82) is 0 Å². The molecule has 1 aliphatic heterocycles. The molecule has 0 amide bonds. The maximum Gasteiger partial charge on any atom is 0.136 e. The van der Waals surface area contributed by atoms with E-state index < -0.39 is 0 Å². The van der Waals surface area contributed by atoms with E-state index in [-0.39, 0.29) is 5.50 Å². The number of halogens is 2. The molecule has 0 saturated carbocycles. The molecule has 0 aliphatic carbocycles. The van der Waals surface area contributed by atoms with E-state index in [1.165, 1.54) is 4.42 Å². The minimum Gasteiger partial charge on any atom is -0.278 e. The third-order valence-electron chi connectivity index (χ3n) is 0.713. The van der Waals surface area contributed by atoms with Gasteiger partial charge in [0.2, 0.25) is 0 Å². The Morgan fingerprint density at radius 3 is 2.71 bits per heavy atom. The number of rotatable bonds is 0. The Hall–Kier alpha value is 0.210. The molecular weight excluding hydrogens is 135 g/mol. The Balaban J connectivity index is 2.45. The molecule has 0 aromatic rings. The second-order valence-corrected chi connectivity index (χ2v) is 2.13. The molecule has 0 saturated heterocycles. The van der Waals surface area contributed by atoms with E-state index >= 15 is 0 Å². The van der Waals surface area contributed by atoms with Crippen LogP contribution in [0.1, 0.15) is 0 Å². The average molecular weight is 139 g/mol. The highest BCUT2D eigenvalue weighted by Crippen LogP contribution is 2.10. The molecule has 40 valence electrons. The van der Waals surface area contributed by atoms with E-state index in [4.69, 9.17) is 23.4 Å². The van der Waals surface area contributed by atoms with Crippen LogP contribution in [0.25, 0.3) is 0 Å². The molecule has 1 heterocycles. The highest BCUT2D eigenvalue weighted by atomic mass is 35.5. The minimum atomic E-state index is -0.207. The zero-order valence-corrected chi connectivity index (χ0v) is 5.02. The first-order valence-corrected chi connectivity index (χ1v) is 2.64. The normalized spacial score (nSPS) is 32.0. The Morgan fingerprint density at radius 2 is 2.57 bits per heavy atom. The molecular formula is C3H4Cl2N2. The molecule has 1 rings (SSSR count). The summed E-state index contributed by atoms with van der Waals surface area (Å²) in [7, 11) is 0. The summed E-state index contributed by atoms with van der Waals surface area (Å²) in [6, 6.07) is 0. The number of aliphatic imine (C=N–C) groups is 1. The van der Waals surface area contributed by atoms with Crippen molar-refractivity contribution >= 4 is 29.6 Å². The molecule has 0 aromatic heterocycles. The van der Waals surface area contributed by atoms with Crippen LogP contribution in [-0.2, 0) is 0 Å². The van der Waals surface area contributed by atoms with Crippen molar-refractivity contribution in [2.75, 3.05) is 6.67 Å². The van der Waals surface area contributed by atoms with Gasteiger partial charge in [-0.1, -0.05) is 11.6 Å². The number of nitrogens with zero attached hydrogens (tertiary/aromatic N) is 2. The first-order valence-electron chi connectivity index (χ1n) is 1.87. The molecule has 0 N–H and O–H groups in total. The van der Waals surface area contributed by atoms with Crippen molar-refractivity contribution in [2.24, 2.45) is 4.99 Å². The molecule has 1 unspecified atom stereocenters. The van der Waals surface area contributed by atoms with Gasteiger partial charge in [0.15, 0.2) is 0 Å². The van der Waals surface area contributed by atoms with Crippen LogP contribution >= 0.6 is 23.4 Å². The van der Waals surface area contributed by atoms with Gasteiger partial charge in [-0.3, -0.25) is 4.99 Å². The predicted octanol–water partition coefficient (Wildman–Crippen LogP) is 1.05. The smallest absolute Gasteiger partial charge is 0.136 e. The van der Waals surface area contributed by atoms with Gasteiger partial charge in [-0.15, -0.1) is 0 Å². The fourth-order valence-electron chi connectivity index (χ4n) is 0.362. The zero-order chi connectivity index (χ0) is 5.28. The van der Waals surface area contributed by atoms with E-state index in [1.54, 1.807) is 6.21 Å². The lowest BCUT2D eigenvalue weighted by Crippen LogP contribution is -2.15. The zero-order valence-electron chi connectivity index (χ0n) is 3.51. The Bertz CT molecular complexity index is 92.9. The van der Waals surface area contributed by atoms with Crippen molar-refractivity contribution in [1.82, 2.24) is 4.42 Å². The van der Waals surface area contributed by atoms with Gasteiger partial charge in [0.25, 0.3) is 0 Å². The second-order valence-electron chi connectivity index (χ2n) is 1.25. The first-order chi connectivity index (χ1) is 3.30. The Morgan fingerprint density at radius 1 is 1.86 bits per heavy atom. The fourth-order valence-corrected chi connectivity index (χ4v) is 0.616. The average Bonchev–Trinajstić information content (AvgIpc) is 1.91. The third kappa shape index (κ3) is 1.06. The molecule has 0 aromatic carbocycles. The van der Waals surface area contributed by atoms with Crippen LogP contribution in [0, 0.1) is 0 Å². The Labute approximate surface area is 51.8 Å². The number of hydrogen-bond acceptors (Lipinski definition) is 2. The van der Waals surface area contributed by atoms with Crippen LogP contribution in [0.2, 0.25) is 0 Å². The largest absolute Gasteiger partial charge is 0.278 e. The lowest BCUT2D eigenvalue weighted by atomic mass is 10.7. The van der Waals surface area contributed by atoms with Crippen LogP contribution in [0.4, 0.5) is 0 Å². The SMILES string of the molecule is ClC1C=NCN1Cl. The van der Waals surface area contributed by atoms with Crippen LogP contribution in [-0.4, -0.2) is 22.8 Å². The molecule has 1 atom stereocenters. The quantitative estimate of drug-likeness (QED) is 0.278. The lowest BCUT2D eigenvalue weighted by Gasteiger charge is -2.03. The molecule has 0 bridgehead atoms. The van der Waals surface area contributed by atoms with Gasteiger partial charge >= 0.3 is 0 Å². The fraction of sp³-hybridized carbons (Fsp3) is 0.667. The van der Waals surface area contributed by atoms with Crippen molar-refractivity contribution in [3.63, 3.8) is 0 Å². The van der Waals surface area contributed by atoms with Gasteiger partial charge in [0.05, 0.1) is 0 Å². The molecule has 2 nitrogen and oxygen atoms in total. The molecule has 0 spiro atoms. The van der Waals surface area contributed by atoms with Gasteiger partial charge in [-0.05, 0) is 11.8 Å². The predicted molar refractivity (Wildman–Crippen MR) is 30.7 cm³/mol. The summed E-state index contributed by atoms with van der Waals surface area (Å²) in [5.41, 5.74) is -0.207. The van der Waals surface area contributed by atoms with Crippen LogP contribution in [0.15, 0.2) is 4.99 Å². The minimum absolute atomic E-state index is 0.207. The van der Waals surface area contributed by atoms with E-state index in [0.29, 0.717) is 6.67 Å². The summed E-state index contributed by atoms with van der Waals surface area (Å²) < 4.78 is 1.42. The first kappa shape index (κ1) is 5.35. The lowest BCUT2D eigenvalue weighted by molar-refractivity contribution is 0.539. The van der Waals surface area contributed by atoms with Crippen molar-refractivity contribution in [3.8, 4) is 0 Å². The standard InChI is InChI=1S/C3H4Cl2N2/c4-3-1-6-2-7(3)5/h1,3H,2H2. The van der Waals surface area contributed by atoms with E-state index in [9.17, 15) is 0 Å². The third-order valence-corrected chi connectivity index (χ3v) is 1.48. The summed E-state index contributed by atoms with van der Waals surface area (Å²) in [5, 5.41) is 0. The van der Waals surface area contributed by atoms with Gasteiger partial charge in [0, 0.05) is 6.21 Å². The number of alkyl halides is 1. The molecule has 0 fully saturated rings. The summed E-state index contributed by atoms with van der Waals surface area (Å²) in [5.74, 6) is 0. The van der Waals surface area contributed by atoms with Gasteiger partial charge in [0.1, 0.15) is 12.2 Å². The van der Waals surface area contributed by atoms with E-state index in [0.717, 1.165) is 0 Å². The summed E-state index contributed by atoms with van der Waals surface area (Å²) in [4.78, 5) is 3.78. The van der Waals surface area contributed by atoms with E-state index in [2.05, 4.69) is 4.99 Å². The maximum atomic E-state index is 5.51. The van der Waals surface area contributed by atoms with Gasteiger partial charge < -0.3 is 0 Å². The van der Waals surface area contributed by atoms with Crippen LogP contribution in [0.5, 0.6) is 0 Å². The highest BCUT2D eigenvalue weighted by molar-refractivity contribution is 6.32.